The summed E-state index contributed by atoms with van der Waals surface area (Å²) in [6.45, 7) is 5.91. The van der Waals surface area contributed by atoms with Gasteiger partial charge in [0, 0.05) is 31.2 Å². The molecule has 0 aromatic heterocycles. The highest BCUT2D eigenvalue weighted by Crippen LogP contribution is 2.19. The Balaban J connectivity index is 2.07. The van der Waals surface area contributed by atoms with Crippen molar-refractivity contribution in [1.29, 1.82) is 0 Å². The second-order valence-electron chi connectivity index (χ2n) is 4.70. The minimum absolute atomic E-state index is 0.320. The van der Waals surface area contributed by atoms with Crippen LogP contribution in [-0.2, 0) is 10.0 Å². The van der Waals surface area contributed by atoms with E-state index in [4.69, 9.17) is 11.6 Å². The molecule has 0 unspecified atom stereocenters. The molecule has 106 valence electrons. The Morgan fingerprint density at radius 1 is 1.11 bits per heavy atom. The van der Waals surface area contributed by atoms with E-state index in [9.17, 15) is 8.42 Å². The zero-order chi connectivity index (χ0) is 13.9. The molecule has 1 fully saturated rings. The Hall–Kier alpha value is -0.620. The summed E-state index contributed by atoms with van der Waals surface area (Å²) >= 11 is 5.79. The maximum absolute atomic E-state index is 12.4. The van der Waals surface area contributed by atoms with E-state index < -0.39 is 10.0 Å². The van der Waals surface area contributed by atoms with Gasteiger partial charge in [-0.05, 0) is 37.2 Å². The SMILES string of the molecule is CCCN1CCN(S(=O)(=O)c2ccc(Cl)cc2)CC1. The van der Waals surface area contributed by atoms with Crippen molar-refractivity contribution in [2.45, 2.75) is 18.2 Å². The van der Waals surface area contributed by atoms with Crippen LogP contribution >= 0.6 is 11.6 Å². The second kappa shape index (κ2) is 6.22. The van der Waals surface area contributed by atoms with Crippen molar-refractivity contribution in [3.05, 3.63) is 29.3 Å². The molecule has 1 aliphatic heterocycles. The normalized spacial score (nSPS) is 18.6. The van der Waals surface area contributed by atoms with E-state index >= 15 is 0 Å². The van der Waals surface area contributed by atoms with E-state index in [0.29, 0.717) is 23.0 Å². The van der Waals surface area contributed by atoms with Crippen LogP contribution in [0.5, 0.6) is 0 Å². The number of piperazine rings is 1. The van der Waals surface area contributed by atoms with E-state index in [1.54, 1.807) is 28.6 Å². The summed E-state index contributed by atoms with van der Waals surface area (Å²) in [7, 11) is -3.37. The molecule has 0 atom stereocenters. The van der Waals surface area contributed by atoms with Crippen LogP contribution in [0.15, 0.2) is 29.2 Å². The number of sulfonamides is 1. The molecule has 0 N–H and O–H groups in total. The van der Waals surface area contributed by atoms with Gasteiger partial charge in [0.05, 0.1) is 4.90 Å². The molecule has 19 heavy (non-hydrogen) atoms. The maximum atomic E-state index is 12.4. The van der Waals surface area contributed by atoms with Crippen LogP contribution in [0.2, 0.25) is 5.02 Å². The van der Waals surface area contributed by atoms with Gasteiger partial charge in [0.2, 0.25) is 10.0 Å². The van der Waals surface area contributed by atoms with Crippen molar-refractivity contribution < 1.29 is 8.42 Å². The predicted molar refractivity (Wildman–Crippen MR) is 76.9 cm³/mol. The molecule has 6 heteroatoms. The first kappa shape index (κ1) is 14.8. The first-order chi connectivity index (χ1) is 9.04. The Morgan fingerprint density at radius 2 is 1.68 bits per heavy atom. The monoisotopic (exact) mass is 302 g/mol. The van der Waals surface area contributed by atoms with Crippen LogP contribution in [0.4, 0.5) is 0 Å². The third-order valence-corrected chi connectivity index (χ3v) is 5.49. The quantitative estimate of drug-likeness (QED) is 0.855. The Labute approximate surface area is 120 Å². The van der Waals surface area contributed by atoms with Crippen molar-refractivity contribution >= 4 is 21.6 Å². The van der Waals surface area contributed by atoms with Crippen molar-refractivity contribution in [3.8, 4) is 0 Å². The predicted octanol–water partition coefficient (Wildman–Crippen LogP) is 2.06. The van der Waals surface area contributed by atoms with Crippen molar-refractivity contribution in [2.24, 2.45) is 0 Å². The van der Waals surface area contributed by atoms with Gasteiger partial charge in [-0.1, -0.05) is 18.5 Å². The average molecular weight is 303 g/mol. The lowest BCUT2D eigenvalue weighted by atomic mass is 10.3. The maximum Gasteiger partial charge on any atom is 0.243 e. The van der Waals surface area contributed by atoms with Gasteiger partial charge in [-0.15, -0.1) is 0 Å². The van der Waals surface area contributed by atoms with Crippen LogP contribution in [0.25, 0.3) is 0 Å². The lowest BCUT2D eigenvalue weighted by molar-refractivity contribution is 0.188. The largest absolute Gasteiger partial charge is 0.301 e. The van der Waals surface area contributed by atoms with Gasteiger partial charge in [-0.25, -0.2) is 8.42 Å². The Morgan fingerprint density at radius 3 is 2.21 bits per heavy atom. The van der Waals surface area contributed by atoms with Crippen LogP contribution in [0, 0.1) is 0 Å². The number of benzene rings is 1. The van der Waals surface area contributed by atoms with E-state index in [1.165, 1.54) is 0 Å². The summed E-state index contributed by atoms with van der Waals surface area (Å²) in [5, 5.41) is 0.548. The average Bonchev–Trinajstić information content (AvgIpc) is 2.40. The highest BCUT2D eigenvalue weighted by atomic mass is 35.5. The highest BCUT2D eigenvalue weighted by molar-refractivity contribution is 7.89. The summed E-state index contributed by atoms with van der Waals surface area (Å²) in [6, 6.07) is 6.36. The smallest absolute Gasteiger partial charge is 0.243 e. The number of hydrogen-bond acceptors (Lipinski definition) is 3. The molecule has 1 aromatic rings. The fourth-order valence-electron chi connectivity index (χ4n) is 2.27. The molecule has 1 heterocycles. The minimum atomic E-state index is -3.37. The van der Waals surface area contributed by atoms with Crippen LogP contribution in [-0.4, -0.2) is 50.3 Å². The van der Waals surface area contributed by atoms with Crippen molar-refractivity contribution in [3.63, 3.8) is 0 Å². The molecular weight excluding hydrogens is 284 g/mol. The molecule has 0 aliphatic carbocycles. The molecular formula is C13H19ClN2O2S. The lowest BCUT2D eigenvalue weighted by Crippen LogP contribution is -2.48. The summed E-state index contributed by atoms with van der Waals surface area (Å²) < 4.78 is 26.4. The molecule has 0 bridgehead atoms. The molecule has 4 nitrogen and oxygen atoms in total. The van der Waals surface area contributed by atoms with Gasteiger partial charge >= 0.3 is 0 Å². The summed E-state index contributed by atoms with van der Waals surface area (Å²) in [5.74, 6) is 0. The first-order valence-corrected chi connectivity index (χ1v) is 8.34. The van der Waals surface area contributed by atoms with Gasteiger partial charge in [-0.3, -0.25) is 0 Å². The molecule has 2 rings (SSSR count). The topological polar surface area (TPSA) is 40.6 Å². The van der Waals surface area contributed by atoms with Gasteiger partial charge in [0.15, 0.2) is 0 Å². The zero-order valence-electron chi connectivity index (χ0n) is 11.0. The fourth-order valence-corrected chi connectivity index (χ4v) is 3.81. The summed E-state index contributed by atoms with van der Waals surface area (Å²) in [6.07, 6.45) is 1.10. The van der Waals surface area contributed by atoms with Gasteiger partial charge < -0.3 is 4.90 Å². The summed E-state index contributed by atoms with van der Waals surface area (Å²) in [4.78, 5) is 2.62. The van der Waals surface area contributed by atoms with Gasteiger partial charge in [-0.2, -0.15) is 4.31 Å². The third-order valence-electron chi connectivity index (χ3n) is 3.32. The van der Waals surface area contributed by atoms with Crippen molar-refractivity contribution in [1.82, 2.24) is 9.21 Å². The summed E-state index contributed by atoms with van der Waals surface area (Å²) in [5.41, 5.74) is 0. The van der Waals surface area contributed by atoms with E-state index in [-0.39, 0.29) is 0 Å². The Bertz CT molecular complexity index is 508. The van der Waals surface area contributed by atoms with E-state index in [2.05, 4.69) is 11.8 Å². The second-order valence-corrected chi connectivity index (χ2v) is 7.07. The minimum Gasteiger partial charge on any atom is -0.301 e. The Kier molecular flexibility index (Phi) is 4.84. The number of nitrogens with zero attached hydrogens (tertiary/aromatic N) is 2. The van der Waals surface area contributed by atoms with E-state index in [0.717, 1.165) is 26.1 Å². The van der Waals surface area contributed by atoms with Crippen LogP contribution in [0.3, 0.4) is 0 Å². The lowest BCUT2D eigenvalue weighted by Gasteiger charge is -2.33. The standard InChI is InChI=1S/C13H19ClN2O2S/c1-2-7-15-8-10-16(11-9-15)19(17,18)13-5-3-12(14)4-6-13/h3-6H,2,7-11H2,1H3. The van der Waals surface area contributed by atoms with Gasteiger partial charge in [0.25, 0.3) is 0 Å². The number of halogens is 1. The number of hydrogen-bond donors (Lipinski definition) is 0. The molecule has 0 spiro atoms. The first-order valence-electron chi connectivity index (χ1n) is 6.52. The van der Waals surface area contributed by atoms with Crippen LogP contribution in [0.1, 0.15) is 13.3 Å². The van der Waals surface area contributed by atoms with Gasteiger partial charge in [0.1, 0.15) is 0 Å². The molecule has 0 amide bonds. The van der Waals surface area contributed by atoms with E-state index in [1.807, 2.05) is 0 Å². The fraction of sp³-hybridized carbons (Fsp3) is 0.538. The molecule has 1 saturated heterocycles. The zero-order valence-corrected chi connectivity index (χ0v) is 12.6. The van der Waals surface area contributed by atoms with Crippen molar-refractivity contribution in [2.75, 3.05) is 32.7 Å². The highest BCUT2D eigenvalue weighted by Gasteiger charge is 2.27. The van der Waals surface area contributed by atoms with Crippen LogP contribution < -0.4 is 0 Å². The molecule has 1 aromatic carbocycles. The molecule has 1 aliphatic rings. The molecule has 0 saturated carbocycles. The molecule has 0 radical (unpaired) electrons. The number of rotatable bonds is 4. The third kappa shape index (κ3) is 3.48.